The molecule has 1 aliphatic rings. The number of rotatable bonds is 8. The van der Waals surface area contributed by atoms with Crippen LogP contribution in [0.3, 0.4) is 0 Å². The first-order valence-electron chi connectivity index (χ1n) is 11.3. The number of carbonyl (C=O) groups excluding carboxylic acids is 2. The van der Waals surface area contributed by atoms with E-state index < -0.39 is 10.0 Å². The number of carbonyl (C=O) groups is 2. The number of hydrogen-bond donors (Lipinski definition) is 1. The topological polar surface area (TPSA) is 86.8 Å². The lowest BCUT2D eigenvalue weighted by molar-refractivity contribution is -0.120. The van der Waals surface area contributed by atoms with Crippen molar-refractivity contribution >= 4 is 50.7 Å². The molecule has 1 aliphatic heterocycles. The van der Waals surface area contributed by atoms with Crippen molar-refractivity contribution in [2.75, 3.05) is 31.5 Å². The molecule has 7 nitrogen and oxygen atoms in total. The van der Waals surface area contributed by atoms with Gasteiger partial charge >= 0.3 is 0 Å². The maximum absolute atomic E-state index is 12.9. The third-order valence-electron chi connectivity index (χ3n) is 6.02. The summed E-state index contributed by atoms with van der Waals surface area (Å²) in [5, 5.41) is 3.57. The summed E-state index contributed by atoms with van der Waals surface area (Å²) in [4.78, 5) is 27.4. The number of anilines is 1. The molecule has 1 fully saturated rings. The maximum Gasteiger partial charge on any atom is 0.255 e. The molecule has 3 rings (SSSR count). The molecule has 10 heteroatoms. The lowest BCUT2D eigenvalue weighted by Crippen LogP contribution is -2.42. The van der Waals surface area contributed by atoms with E-state index >= 15 is 0 Å². The summed E-state index contributed by atoms with van der Waals surface area (Å²) in [6, 6.07) is 11.7. The highest BCUT2D eigenvalue weighted by Crippen LogP contribution is 2.27. The second kappa shape index (κ2) is 11.5. The van der Waals surface area contributed by atoms with E-state index in [-0.39, 0.29) is 36.6 Å². The van der Waals surface area contributed by atoms with Crippen LogP contribution in [-0.4, -0.2) is 55.6 Å². The summed E-state index contributed by atoms with van der Waals surface area (Å²) in [7, 11) is -3.56. The van der Waals surface area contributed by atoms with Crippen molar-refractivity contribution < 1.29 is 18.0 Å². The van der Waals surface area contributed by atoms with E-state index in [2.05, 4.69) is 5.32 Å². The second-order valence-corrected chi connectivity index (χ2v) is 11.0. The van der Waals surface area contributed by atoms with Gasteiger partial charge in [-0.3, -0.25) is 9.59 Å². The van der Waals surface area contributed by atoms with Crippen molar-refractivity contribution in [1.29, 1.82) is 0 Å². The zero-order chi connectivity index (χ0) is 24.9. The first kappa shape index (κ1) is 26.5. The van der Waals surface area contributed by atoms with Gasteiger partial charge in [0.1, 0.15) is 0 Å². The predicted molar refractivity (Wildman–Crippen MR) is 136 cm³/mol. The minimum absolute atomic E-state index is 0.135. The summed E-state index contributed by atoms with van der Waals surface area (Å²) in [5.41, 5.74) is 1.48. The van der Waals surface area contributed by atoms with E-state index in [4.69, 9.17) is 23.2 Å². The second-order valence-electron chi connectivity index (χ2n) is 8.19. The first-order chi connectivity index (χ1) is 16.2. The number of nitrogens with zero attached hydrogens (tertiary/aromatic N) is 2. The number of amides is 2. The van der Waals surface area contributed by atoms with E-state index in [0.717, 1.165) is 0 Å². The summed E-state index contributed by atoms with van der Waals surface area (Å²) in [5.74, 6) is -0.861. The van der Waals surface area contributed by atoms with Crippen molar-refractivity contribution in [1.82, 2.24) is 9.21 Å². The fraction of sp³-hybridized carbons (Fsp3) is 0.417. The lowest BCUT2D eigenvalue weighted by atomic mass is 9.97. The molecule has 0 radical (unpaired) electrons. The zero-order valence-corrected chi connectivity index (χ0v) is 21.6. The molecule has 2 aromatic carbocycles. The van der Waals surface area contributed by atoms with E-state index in [1.165, 1.54) is 4.31 Å². The first-order valence-corrected chi connectivity index (χ1v) is 13.6. The largest absolute Gasteiger partial charge is 0.339 e. The molecule has 0 saturated carbocycles. The maximum atomic E-state index is 12.9. The Bertz CT molecular complexity index is 1140. The third kappa shape index (κ3) is 6.30. The van der Waals surface area contributed by atoms with Gasteiger partial charge in [0.15, 0.2) is 0 Å². The average molecular weight is 526 g/mol. The highest BCUT2D eigenvalue weighted by molar-refractivity contribution is 7.88. The molecule has 0 bridgehead atoms. The molecule has 0 unspecified atom stereocenters. The molecule has 0 spiro atoms. The van der Waals surface area contributed by atoms with Gasteiger partial charge < -0.3 is 10.2 Å². The van der Waals surface area contributed by atoms with Crippen LogP contribution in [0.25, 0.3) is 0 Å². The van der Waals surface area contributed by atoms with Gasteiger partial charge in [0, 0.05) is 32.1 Å². The van der Waals surface area contributed by atoms with Crippen LogP contribution >= 0.6 is 23.2 Å². The highest BCUT2D eigenvalue weighted by Gasteiger charge is 2.32. The molecule has 34 heavy (non-hydrogen) atoms. The number of hydrogen-bond acceptors (Lipinski definition) is 4. The summed E-state index contributed by atoms with van der Waals surface area (Å²) in [6.45, 7) is 5.47. The third-order valence-corrected chi connectivity index (χ3v) is 8.61. The van der Waals surface area contributed by atoms with Crippen LogP contribution in [0.1, 0.15) is 42.6 Å². The fourth-order valence-electron chi connectivity index (χ4n) is 4.02. The van der Waals surface area contributed by atoms with E-state index in [0.29, 0.717) is 52.8 Å². The fourth-order valence-corrected chi connectivity index (χ4v) is 5.89. The molecule has 2 aromatic rings. The van der Waals surface area contributed by atoms with E-state index in [1.807, 2.05) is 13.8 Å². The molecule has 1 N–H and O–H groups in total. The molecule has 2 amide bonds. The molecule has 0 aromatic heterocycles. The monoisotopic (exact) mass is 525 g/mol. The molecule has 184 valence electrons. The van der Waals surface area contributed by atoms with Crippen LogP contribution in [0.4, 0.5) is 5.69 Å². The quantitative estimate of drug-likeness (QED) is 0.543. The van der Waals surface area contributed by atoms with Gasteiger partial charge in [-0.25, -0.2) is 12.7 Å². The number of para-hydroxylation sites is 1. The van der Waals surface area contributed by atoms with Crippen LogP contribution < -0.4 is 5.32 Å². The number of sulfonamides is 1. The highest BCUT2D eigenvalue weighted by atomic mass is 35.5. The van der Waals surface area contributed by atoms with E-state index in [1.54, 1.807) is 47.4 Å². The Morgan fingerprint density at radius 1 is 1.03 bits per heavy atom. The summed E-state index contributed by atoms with van der Waals surface area (Å²) < 4.78 is 27.1. The van der Waals surface area contributed by atoms with Crippen LogP contribution in [-0.2, 0) is 20.6 Å². The van der Waals surface area contributed by atoms with Crippen LogP contribution in [0.2, 0.25) is 10.0 Å². The Labute approximate surface area is 211 Å². The predicted octanol–water partition coefficient (Wildman–Crippen LogP) is 4.66. The number of halogens is 2. The van der Waals surface area contributed by atoms with Crippen LogP contribution in [0.5, 0.6) is 0 Å². The number of benzene rings is 2. The molecule has 0 aliphatic carbocycles. The average Bonchev–Trinajstić information content (AvgIpc) is 2.82. The summed E-state index contributed by atoms with van der Waals surface area (Å²) in [6.07, 6.45) is 0.803. The van der Waals surface area contributed by atoms with Gasteiger partial charge in [0.05, 0.1) is 27.0 Å². The zero-order valence-electron chi connectivity index (χ0n) is 19.3. The molecule has 1 heterocycles. The SMILES string of the molecule is CCN(CC)C(=O)c1ccccc1NC(=O)C1CCN(S(=O)(=O)Cc2ccc(Cl)c(Cl)c2)CC1. The minimum atomic E-state index is -3.56. The van der Waals surface area contributed by atoms with Crippen molar-refractivity contribution in [3.05, 3.63) is 63.6 Å². The lowest BCUT2D eigenvalue weighted by Gasteiger charge is -2.30. The van der Waals surface area contributed by atoms with Gasteiger partial charge in [-0.1, -0.05) is 41.4 Å². The van der Waals surface area contributed by atoms with Crippen molar-refractivity contribution in [3.63, 3.8) is 0 Å². The van der Waals surface area contributed by atoms with Gasteiger partial charge in [-0.15, -0.1) is 0 Å². The van der Waals surface area contributed by atoms with Gasteiger partial charge in [-0.05, 0) is 56.5 Å². The van der Waals surface area contributed by atoms with Crippen molar-refractivity contribution in [2.24, 2.45) is 5.92 Å². The number of nitrogens with one attached hydrogen (secondary N) is 1. The Morgan fingerprint density at radius 3 is 2.29 bits per heavy atom. The standard InChI is InChI=1S/C24H29Cl2N3O4S/c1-3-28(4-2)24(31)19-7-5-6-8-22(19)27-23(30)18-11-13-29(14-12-18)34(32,33)16-17-9-10-20(25)21(26)15-17/h5-10,15,18H,3-4,11-14,16H2,1-2H3,(H,27,30). The van der Waals surface area contributed by atoms with E-state index in [9.17, 15) is 18.0 Å². The van der Waals surface area contributed by atoms with Gasteiger partial charge in [0.25, 0.3) is 5.91 Å². The van der Waals surface area contributed by atoms with Crippen molar-refractivity contribution in [3.8, 4) is 0 Å². The molecule has 1 saturated heterocycles. The Hall–Kier alpha value is -2.13. The van der Waals surface area contributed by atoms with Gasteiger partial charge in [0.2, 0.25) is 15.9 Å². The molecular formula is C24H29Cl2N3O4S. The Kier molecular flexibility index (Phi) is 8.98. The number of piperidine rings is 1. The Morgan fingerprint density at radius 2 is 1.68 bits per heavy atom. The normalized spacial score (nSPS) is 15.2. The Balaban J connectivity index is 1.62. The molecule has 0 atom stereocenters. The molecular weight excluding hydrogens is 497 g/mol. The smallest absolute Gasteiger partial charge is 0.255 e. The van der Waals surface area contributed by atoms with Crippen LogP contribution in [0, 0.1) is 5.92 Å². The van der Waals surface area contributed by atoms with Crippen molar-refractivity contribution in [2.45, 2.75) is 32.4 Å². The summed E-state index contributed by atoms with van der Waals surface area (Å²) >= 11 is 11.9. The minimum Gasteiger partial charge on any atom is -0.339 e. The van der Waals surface area contributed by atoms with Crippen LogP contribution in [0.15, 0.2) is 42.5 Å². The van der Waals surface area contributed by atoms with Gasteiger partial charge in [-0.2, -0.15) is 0 Å².